The Balaban J connectivity index is 1.86. The molecule has 1 saturated carbocycles. The molecule has 0 amide bonds. The van der Waals surface area contributed by atoms with Gasteiger partial charge in [-0.25, -0.2) is 4.98 Å². The third-order valence-corrected chi connectivity index (χ3v) is 2.82. The van der Waals surface area contributed by atoms with E-state index in [1.54, 1.807) is 18.6 Å². The van der Waals surface area contributed by atoms with E-state index in [2.05, 4.69) is 22.2 Å². The first-order valence-corrected chi connectivity index (χ1v) is 4.78. The summed E-state index contributed by atoms with van der Waals surface area (Å²) in [4.78, 5) is 8.17. The number of anilines is 1. The Labute approximate surface area is 78.6 Å². The molecule has 0 spiro atoms. The van der Waals surface area contributed by atoms with Gasteiger partial charge in [0.05, 0.1) is 6.20 Å². The lowest BCUT2D eigenvalue weighted by Gasteiger charge is -2.38. The van der Waals surface area contributed by atoms with Gasteiger partial charge >= 0.3 is 0 Å². The normalized spacial score (nSPS) is 19.2. The molecule has 3 heteroatoms. The summed E-state index contributed by atoms with van der Waals surface area (Å²) in [5.74, 6) is 0.885. The quantitative estimate of drug-likeness (QED) is 0.768. The van der Waals surface area contributed by atoms with Crippen LogP contribution in [0.4, 0.5) is 5.82 Å². The number of nitrogens with one attached hydrogen (secondary N) is 1. The van der Waals surface area contributed by atoms with Gasteiger partial charge in [0.15, 0.2) is 0 Å². The summed E-state index contributed by atoms with van der Waals surface area (Å²) >= 11 is 0. The maximum atomic E-state index is 4.17. The van der Waals surface area contributed by atoms with Crippen molar-refractivity contribution in [2.75, 3.05) is 11.9 Å². The van der Waals surface area contributed by atoms with E-state index in [1.165, 1.54) is 19.3 Å². The molecule has 0 unspecified atom stereocenters. The molecular formula is C10H15N3. The highest BCUT2D eigenvalue weighted by molar-refractivity contribution is 5.30. The van der Waals surface area contributed by atoms with Gasteiger partial charge in [0.2, 0.25) is 0 Å². The molecule has 3 nitrogen and oxygen atoms in total. The van der Waals surface area contributed by atoms with Gasteiger partial charge in [0.25, 0.3) is 0 Å². The zero-order chi connectivity index (χ0) is 9.15. The highest BCUT2D eigenvalue weighted by Gasteiger charge is 2.31. The second kappa shape index (κ2) is 3.32. The average Bonchev–Trinajstić information content (AvgIpc) is 2.13. The molecule has 0 bridgehead atoms. The Bertz CT molecular complexity index is 267. The molecule has 0 aliphatic heterocycles. The molecule has 13 heavy (non-hydrogen) atoms. The smallest absolute Gasteiger partial charge is 0.144 e. The van der Waals surface area contributed by atoms with Crippen molar-refractivity contribution in [3.63, 3.8) is 0 Å². The van der Waals surface area contributed by atoms with Crippen LogP contribution in [0.1, 0.15) is 26.2 Å². The minimum Gasteiger partial charge on any atom is -0.368 e. The molecular weight excluding hydrogens is 162 g/mol. The number of hydrogen-bond donors (Lipinski definition) is 1. The second-order valence-corrected chi connectivity index (χ2v) is 4.11. The van der Waals surface area contributed by atoms with Crippen LogP contribution in [-0.4, -0.2) is 16.5 Å². The van der Waals surface area contributed by atoms with Crippen molar-refractivity contribution in [2.45, 2.75) is 26.2 Å². The summed E-state index contributed by atoms with van der Waals surface area (Å²) in [6, 6.07) is 0. The molecule has 1 aliphatic carbocycles. The third-order valence-electron chi connectivity index (χ3n) is 2.82. The highest BCUT2D eigenvalue weighted by Crippen LogP contribution is 2.39. The zero-order valence-electron chi connectivity index (χ0n) is 7.95. The molecule has 0 radical (unpaired) electrons. The number of aromatic nitrogens is 2. The predicted octanol–water partition coefficient (Wildman–Crippen LogP) is 2.08. The molecule has 1 aromatic heterocycles. The first-order valence-electron chi connectivity index (χ1n) is 4.78. The predicted molar refractivity (Wildman–Crippen MR) is 52.5 cm³/mol. The van der Waals surface area contributed by atoms with Crippen LogP contribution in [0.5, 0.6) is 0 Å². The topological polar surface area (TPSA) is 37.8 Å². The molecule has 1 heterocycles. The van der Waals surface area contributed by atoms with Crippen LogP contribution in [0.15, 0.2) is 18.6 Å². The third kappa shape index (κ3) is 1.97. The van der Waals surface area contributed by atoms with Crippen molar-refractivity contribution < 1.29 is 0 Å². The fraction of sp³-hybridized carbons (Fsp3) is 0.600. The van der Waals surface area contributed by atoms with Gasteiger partial charge in [0.1, 0.15) is 5.82 Å². The van der Waals surface area contributed by atoms with Gasteiger partial charge in [-0.05, 0) is 18.3 Å². The molecule has 70 valence electrons. The van der Waals surface area contributed by atoms with E-state index in [4.69, 9.17) is 0 Å². The molecule has 2 rings (SSSR count). The Morgan fingerprint density at radius 1 is 1.46 bits per heavy atom. The van der Waals surface area contributed by atoms with E-state index in [9.17, 15) is 0 Å². The van der Waals surface area contributed by atoms with Crippen LogP contribution >= 0.6 is 0 Å². The first-order chi connectivity index (χ1) is 6.29. The van der Waals surface area contributed by atoms with E-state index < -0.39 is 0 Å². The number of nitrogens with zero attached hydrogens (tertiary/aromatic N) is 2. The maximum Gasteiger partial charge on any atom is 0.144 e. The minimum atomic E-state index is 0.498. The summed E-state index contributed by atoms with van der Waals surface area (Å²) in [6.07, 6.45) is 9.21. The summed E-state index contributed by atoms with van der Waals surface area (Å²) in [7, 11) is 0. The molecule has 1 fully saturated rings. The molecule has 0 atom stereocenters. The molecule has 1 aromatic rings. The summed E-state index contributed by atoms with van der Waals surface area (Å²) < 4.78 is 0. The number of hydrogen-bond acceptors (Lipinski definition) is 3. The van der Waals surface area contributed by atoms with Gasteiger partial charge < -0.3 is 5.32 Å². The lowest BCUT2D eigenvalue weighted by molar-refractivity contribution is 0.180. The molecule has 1 aliphatic rings. The Morgan fingerprint density at radius 3 is 2.85 bits per heavy atom. The minimum absolute atomic E-state index is 0.498. The van der Waals surface area contributed by atoms with Crippen LogP contribution < -0.4 is 5.32 Å². The van der Waals surface area contributed by atoms with Crippen LogP contribution in [0.3, 0.4) is 0 Å². The molecule has 0 saturated heterocycles. The van der Waals surface area contributed by atoms with Crippen molar-refractivity contribution in [3.8, 4) is 0 Å². The fourth-order valence-electron chi connectivity index (χ4n) is 1.65. The van der Waals surface area contributed by atoms with Crippen molar-refractivity contribution in [1.29, 1.82) is 0 Å². The van der Waals surface area contributed by atoms with Crippen LogP contribution in [-0.2, 0) is 0 Å². The summed E-state index contributed by atoms with van der Waals surface area (Å²) in [5.41, 5.74) is 0.498. The van der Waals surface area contributed by atoms with Crippen molar-refractivity contribution in [1.82, 2.24) is 9.97 Å². The number of rotatable bonds is 3. The van der Waals surface area contributed by atoms with Crippen LogP contribution in [0.2, 0.25) is 0 Å². The fourth-order valence-corrected chi connectivity index (χ4v) is 1.65. The van der Waals surface area contributed by atoms with Gasteiger partial charge in [-0.1, -0.05) is 13.3 Å². The average molecular weight is 177 g/mol. The summed E-state index contributed by atoms with van der Waals surface area (Å²) in [5, 5.41) is 3.31. The van der Waals surface area contributed by atoms with Crippen LogP contribution in [0.25, 0.3) is 0 Å². The van der Waals surface area contributed by atoms with E-state index in [0.717, 1.165) is 12.4 Å². The standard InChI is InChI=1S/C10H15N3/c1-10(3-2-4-10)8-13-9-7-11-5-6-12-9/h5-7H,2-4,8H2,1H3,(H,12,13). The Hall–Kier alpha value is -1.12. The highest BCUT2D eigenvalue weighted by atomic mass is 15.0. The van der Waals surface area contributed by atoms with Crippen molar-refractivity contribution in [3.05, 3.63) is 18.6 Å². The summed E-state index contributed by atoms with van der Waals surface area (Å²) in [6.45, 7) is 3.34. The zero-order valence-corrected chi connectivity index (χ0v) is 7.95. The molecule has 1 N–H and O–H groups in total. The maximum absolute atomic E-state index is 4.17. The second-order valence-electron chi connectivity index (χ2n) is 4.11. The monoisotopic (exact) mass is 177 g/mol. The van der Waals surface area contributed by atoms with Gasteiger partial charge in [-0.2, -0.15) is 0 Å². The lowest BCUT2D eigenvalue weighted by atomic mass is 9.70. The van der Waals surface area contributed by atoms with E-state index in [0.29, 0.717) is 5.41 Å². The Morgan fingerprint density at radius 2 is 2.31 bits per heavy atom. The van der Waals surface area contributed by atoms with Crippen molar-refractivity contribution in [2.24, 2.45) is 5.41 Å². The van der Waals surface area contributed by atoms with Crippen LogP contribution in [0, 0.1) is 5.41 Å². The van der Waals surface area contributed by atoms with Gasteiger partial charge in [-0.15, -0.1) is 0 Å². The lowest BCUT2D eigenvalue weighted by Crippen LogP contribution is -2.33. The Kier molecular flexibility index (Phi) is 2.17. The first kappa shape index (κ1) is 8.48. The van der Waals surface area contributed by atoms with Crippen molar-refractivity contribution >= 4 is 5.82 Å². The van der Waals surface area contributed by atoms with Gasteiger partial charge in [0, 0.05) is 18.9 Å². The van der Waals surface area contributed by atoms with E-state index >= 15 is 0 Å². The van der Waals surface area contributed by atoms with E-state index in [1.807, 2.05) is 0 Å². The molecule has 0 aromatic carbocycles. The largest absolute Gasteiger partial charge is 0.368 e. The SMILES string of the molecule is CC1(CNc2cnccn2)CCC1. The van der Waals surface area contributed by atoms with E-state index in [-0.39, 0.29) is 0 Å². The van der Waals surface area contributed by atoms with Gasteiger partial charge in [-0.3, -0.25) is 4.98 Å².